The van der Waals surface area contributed by atoms with E-state index in [0.717, 1.165) is 10.7 Å². The van der Waals surface area contributed by atoms with Crippen molar-refractivity contribution in [3.05, 3.63) is 28.4 Å². The third kappa shape index (κ3) is 4.41. The van der Waals surface area contributed by atoms with Gasteiger partial charge in [-0.05, 0) is 30.8 Å². The van der Waals surface area contributed by atoms with Gasteiger partial charge in [-0.2, -0.15) is 36.7 Å². The topological polar surface area (TPSA) is 70.9 Å². The second-order valence-corrected chi connectivity index (χ2v) is 6.95. The predicted octanol–water partition coefficient (Wildman–Crippen LogP) is 5.07. The fourth-order valence-corrected chi connectivity index (χ4v) is 3.20. The van der Waals surface area contributed by atoms with Crippen molar-refractivity contribution in [3.8, 4) is 11.8 Å². The van der Waals surface area contributed by atoms with Crippen molar-refractivity contribution >= 4 is 34.9 Å². The molecule has 1 aromatic carbocycles. The van der Waals surface area contributed by atoms with Crippen LogP contribution in [0.4, 0.5) is 37.8 Å². The lowest BCUT2D eigenvalue weighted by molar-refractivity contribution is -0.137. The molecule has 2 aromatic rings. The van der Waals surface area contributed by atoms with Gasteiger partial charge < -0.3 is 10.6 Å². The molecule has 152 valence electrons. The summed E-state index contributed by atoms with van der Waals surface area (Å²) in [5, 5.41) is 12.4. The monoisotopic (exact) mass is 443 g/mol. The quantitative estimate of drug-likeness (QED) is 0.528. The van der Waals surface area contributed by atoms with Crippen molar-refractivity contribution in [1.29, 1.82) is 5.26 Å². The average molecular weight is 444 g/mol. The Kier molecular flexibility index (Phi) is 6.01. The molecule has 0 atom stereocenters. The van der Waals surface area contributed by atoms with E-state index in [4.69, 9.17) is 22.6 Å². The summed E-state index contributed by atoms with van der Waals surface area (Å²) >= 11 is 5.39. The van der Waals surface area contributed by atoms with Crippen LogP contribution in [0.5, 0.6) is 0 Å². The van der Waals surface area contributed by atoms with E-state index < -0.39 is 50.4 Å². The van der Waals surface area contributed by atoms with E-state index in [1.165, 1.54) is 18.0 Å². The van der Waals surface area contributed by atoms with Gasteiger partial charge in [0.2, 0.25) is 0 Å². The summed E-state index contributed by atoms with van der Waals surface area (Å²) in [6.07, 6.45) is -4.70. The number of thioether (sulfide) groups is 1. The van der Waals surface area contributed by atoms with E-state index in [0.29, 0.717) is 6.07 Å². The number of nitriles is 1. The number of nitrogens with two attached hydrogens (primary N) is 1. The summed E-state index contributed by atoms with van der Waals surface area (Å²) in [7, 11) is 1.46. The molecule has 0 aliphatic carbocycles. The third-order valence-corrected chi connectivity index (χ3v) is 4.79. The Labute approximate surface area is 164 Å². The zero-order valence-electron chi connectivity index (χ0n) is 14.3. The van der Waals surface area contributed by atoms with Gasteiger partial charge in [0, 0.05) is 13.6 Å². The third-order valence-electron chi connectivity index (χ3n) is 3.67. The highest BCUT2D eigenvalue weighted by molar-refractivity contribution is 8.00. The van der Waals surface area contributed by atoms with Gasteiger partial charge >= 0.3 is 11.7 Å². The summed E-state index contributed by atoms with van der Waals surface area (Å²) in [5.74, 6) is -0.564. The molecular weight excluding hydrogens is 432 g/mol. The van der Waals surface area contributed by atoms with Gasteiger partial charge in [-0.15, -0.1) is 0 Å². The molecule has 28 heavy (non-hydrogen) atoms. The van der Waals surface area contributed by atoms with Crippen LogP contribution in [0, 0.1) is 11.3 Å². The number of aromatic nitrogens is 2. The van der Waals surface area contributed by atoms with Crippen LogP contribution in [0.1, 0.15) is 18.2 Å². The Morgan fingerprint density at radius 2 is 1.89 bits per heavy atom. The molecule has 1 aromatic heterocycles. The molecule has 0 radical (unpaired) electrons. The molecule has 0 saturated heterocycles. The van der Waals surface area contributed by atoms with E-state index in [2.05, 4.69) is 5.10 Å². The second-order valence-electron chi connectivity index (χ2n) is 5.47. The SMILES string of the molecule is CCN(C)c1cc(C(F)(F)F)cc(Cl)c1-n1nc(C#N)c(SC(F)(F)F)c1N. The number of nitrogen functional groups attached to an aromatic ring is 1. The minimum Gasteiger partial charge on any atom is -0.383 e. The maximum Gasteiger partial charge on any atom is 0.446 e. The summed E-state index contributed by atoms with van der Waals surface area (Å²) in [6, 6.07) is 2.90. The van der Waals surface area contributed by atoms with Gasteiger partial charge in [-0.3, -0.25) is 0 Å². The number of hydrogen-bond donors (Lipinski definition) is 1. The van der Waals surface area contributed by atoms with E-state index >= 15 is 0 Å². The lowest BCUT2D eigenvalue weighted by atomic mass is 10.1. The summed E-state index contributed by atoms with van der Waals surface area (Å²) in [6.45, 7) is 1.90. The number of halogens is 7. The normalized spacial score (nSPS) is 12.1. The van der Waals surface area contributed by atoms with Crippen molar-refractivity contribution in [2.75, 3.05) is 24.2 Å². The van der Waals surface area contributed by atoms with Gasteiger partial charge in [-0.1, -0.05) is 11.6 Å². The fourth-order valence-electron chi connectivity index (χ4n) is 2.30. The average Bonchev–Trinajstić information content (AvgIpc) is 2.87. The first-order valence-electron chi connectivity index (χ1n) is 7.46. The molecule has 0 amide bonds. The van der Waals surface area contributed by atoms with E-state index in [-0.39, 0.29) is 17.9 Å². The Morgan fingerprint density at radius 3 is 2.36 bits per heavy atom. The van der Waals surface area contributed by atoms with Crippen LogP contribution in [0.3, 0.4) is 0 Å². The van der Waals surface area contributed by atoms with Crippen LogP contribution in [0.25, 0.3) is 5.69 Å². The van der Waals surface area contributed by atoms with Crippen molar-refractivity contribution < 1.29 is 26.3 Å². The van der Waals surface area contributed by atoms with Crippen molar-refractivity contribution in [2.45, 2.75) is 23.5 Å². The number of hydrogen-bond acceptors (Lipinski definition) is 5. The van der Waals surface area contributed by atoms with Crippen LogP contribution in [-0.4, -0.2) is 28.9 Å². The van der Waals surface area contributed by atoms with Gasteiger partial charge in [0.25, 0.3) is 0 Å². The Bertz CT molecular complexity index is 931. The zero-order chi connectivity index (χ0) is 21.4. The van der Waals surface area contributed by atoms with Gasteiger partial charge in [-0.25, -0.2) is 4.68 Å². The molecule has 13 heteroatoms. The number of benzene rings is 1. The highest BCUT2D eigenvalue weighted by Crippen LogP contribution is 2.44. The first-order chi connectivity index (χ1) is 12.8. The van der Waals surface area contributed by atoms with Crippen LogP contribution in [0.15, 0.2) is 17.0 Å². The van der Waals surface area contributed by atoms with Gasteiger partial charge in [0.15, 0.2) is 5.69 Å². The maximum absolute atomic E-state index is 13.1. The lowest BCUT2D eigenvalue weighted by Gasteiger charge is -2.23. The minimum atomic E-state index is -4.75. The summed E-state index contributed by atoms with van der Waals surface area (Å²) in [5.41, 5.74) is -0.901. The van der Waals surface area contributed by atoms with Crippen molar-refractivity contribution in [2.24, 2.45) is 0 Å². The Morgan fingerprint density at radius 1 is 1.29 bits per heavy atom. The number of nitrogens with zero attached hydrogens (tertiary/aromatic N) is 4. The summed E-state index contributed by atoms with van der Waals surface area (Å²) < 4.78 is 78.5. The standard InChI is InChI=1S/C15H12ClF6N5S/c1-3-26(2)10-5-7(14(17,18)19)4-8(16)11(10)27-13(24)12(9(6-23)25-27)28-15(20,21)22/h4-5H,3,24H2,1-2H3. The zero-order valence-corrected chi connectivity index (χ0v) is 15.9. The predicted molar refractivity (Wildman–Crippen MR) is 93.6 cm³/mol. The summed E-state index contributed by atoms with van der Waals surface area (Å²) in [4.78, 5) is 0.733. The van der Waals surface area contributed by atoms with Gasteiger partial charge in [0.1, 0.15) is 17.6 Å². The minimum absolute atomic E-state index is 0.0652. The molecule has 0 spiro atoms. The Balaban J connectivity index is 2.80. The largest absolute Gasteiger partial charge is 0.446 e. The first-order valence-corrected chi connectivity index (χ1v) is 8.66. The molecule has 2 N–H and O–H groups in total. The lowest BCUT2D eigenvalue weighted by Crippen LogP contribution is -2.20. The highest BCUT2D eigenvalue weighted by Gasteiger charge is 2.36. The molecule has 0 saturated carbocycles. The maximum atomic E-state index is 13.1. The molecule has 0 aliphatic rings. The van der Waals surface area contributed by atoms with Crippen molar-refractivity contribution in [1.82, 2.24) is 9.78 Å². The molecular formula is C15H12ClF6N5S. The number of alkyl halides is 6. The molecule has 0 aliphatic heterocycles. The van der Waals surface area contributed by atoms with Crippen LogP contribution in [0.2, 0.25) is 5.02 Å². The number of anilines is 2. The Hall–Kier alpha value is -2.26. The van der Waals surface area contributed by atoms with E-state index in [9.17, 15) is 26.3 Å². The molecule has 1 heterocycles. The molecule has 2 rings (SSSR count). The van der Waals surface area contributed by atoms with Crippen molar-refractivity contribution in [3.63, 3.8) is 0 Å². The molecule has 0 unspecified atom stereocenters. The molecule has 0 bridgehead atoms. The molecule has 5 nitrogen and oxygen atoms in total. The fraction of sp³-hybridized carbons (Fsp3) is 0.333. The van der Waals surface area contributed by atoms with E-state index in [1.54, 1.807) is 6.92 Å². The highest BCUT2D eigenvalue weighted by atomic mass is 35.5. The molecule has 0 fully saturated rings. The smallest absolute Gasteiger partial charge is 0.383 e. The van der Waals surface area contributed by atoms with Gasteiger partial charge in [0.05, 0.1) is 21.2 Å². The van der Waals surface area contributed by atoms with Crippen LogP contribution < -0.4 is 10.6 Å². The van der Waals surface area contributed by atoms with E-state index in [1.807, 2.05) is 0 Å². The number of rotatable bonds is 4. The van der Waals surface area contributed by atoms with Crippen LogP contribution in [-0.2, 0) is 6.18 Å². The first kappa shape index (κ1) is 22.0. The second kappa shape index (κ2) is 7.63. The van der Waals surface area contributed by atoms with Crippen LogP contribution >= 0.6 is 23.4 Å².